The molecule has 0 saturated heterocycles. The van der Waals surface area contributed by atoms with E-state index in [0.29, 0.717) is 0 Å². The first-order valence-electron chi connectivity index (χ1n) is 7.35. The highest BCUT2D eigenvalue weighted by atomic mass is 16.5. The van der Waals surface area contributed by atoms with Crippen LogP contribution in [0, 0.1) is 0 Å². The van der Waals surface area contributed by atoms with Gasteiger partial charge < -0.3 is 9.47 Å². The van der Waals surface area contributed by atoms with E-state index < -0.39 is 0 Å². The lowest BCUT2D eigenvalue weighted by Gasteiger charge is -2.07. The molecule has 3 aromatic carbocycles. The fraction of sp³-hybridized carbons (Fsp3) is 0.0500. The highest BCUT2D eigenvalue weighted by molar-refractivity contribution is 5.82. The third-order valence-electron chi connectivity index (χ3n) is 3.30. The third kappa shape index (κ3) is 3.98. The van der Waals surface area contributed by atoms with E-state index in [2.05, 4.69) is 4.99 Å². The molecule has 3 nitrogen and oxygen atoms in total. The van der Waals surface area contributed by atoms with Crippen LogP contribution in [0.3, 0.4) is 0 Å². The minimum absolute atomic E-state index is 0.725. The second-order valence-electron chi connectivity index (χ2n) is 4.91. The molecule has 0 heterocycles. The monoisotopic (exact) mass is 303 g/mol. The molecule has 0 fully saturated rings. The number of aliphatic imine (C=N–C) groups is 1. The first kappa shape index (κ1) is 14.9. The van der Waals surface area contributed by atoms with Crippen molar-refractivity contribution < 1.29 is 9.47 Å². The Morgan fingerprint density at radius 1 is 0.739 bits per heavy atom. The van der Waals surface area contributed by atoms with Crippen molar-refractivity contribution in [3.63, 3.8) is 0 Å². The Morgan fingerprint density at radius 3 is 2.17 bits per heavy atom. The maximum absolute atomic E-state index is 5.90. The van der Waals surface area contributed by atoms with Gasteiger partial charge in [0.15, 0.2) is 5.75 Å². The van der Waals surface area contributed by atoms with Gasteiger partial charge in [0.1, 0.15) is 17.2 Å². The lowest BCUT2D eigenvalue weighted by molar-refractivity contribution is 0.415. The summed E-state index contributed by atoms with van der Waals surface area (Å²) in [5.41, 5.74) is 1.78. The van der Waals surface area contributed by atoms with Crippen LogP contribution in [-0.4, -0.2) is 13.3 Å². The van der Waals surface area contributed by atoms with Crippen LogP contribution in [0.2, 0.25) is 0 Å². The van der Waals surface area contributed by atoms with Crippen LogP contribution in [0.15, 0.2) is 83.9 Å². The molecule has 0 bridgehead atoms. The first-order chi connectivity index (χ1) is 11.3. The van der Waals surface area contributed by atoms with Crippen molar-refractivity contribution in [2.75, 3.05) is 7.11 Å². The van der Waals surface area contributed by atoms with Crippen LogP contribution < -0.4 is 9.47 Å². The predicted octanol–water partition coefficient (Wildman–Crippen LogP) is 5.24. The van der Waals surface area contributed by atoms with Gasteiger partial charge in [-0.2, -0.15) is 0 Å². The average molecular weight is 303 g/mol. The fourth-order valence-electron chi connectivity index (χ4n) is 2.10. The number of methoxy groups -OCH3 is 1. The Labute approximate surface area is 135 Å². The van der Waals surface area contributed by atoms with E-state index >= 15 is 0 Å². The summed E-state index contributed by atoms with van der Waals surface area (Å²) in [5.74, 6) is 2.35. The molecule has 0 unspecified atom stereocenters. The Balaban J connectivity index is 1.80. The molecule has 0 aliphatic rings. The van der Waals surface area contributed by atoms with Crippen molar-refractivity contribution in [3.8, 4) is 17.2 Å². The predicted molar refractivity (Wildman–Crippen MR) is 93.2 cm³/mol. The molecule has 3 aromatic rings. The summed E-state index contributed by atoms with van der Waals surface area (Å²) >= 11 is 0. The van der Waals surface area contributed by atoms with Gasteiger partial charge in [-0.1, -0.05) is 30.3 Å². The van der Waals surface area contributed by atoms with Crippen molar-refractivity contribution in [3.05, 3.63) is 84.4 Å². The number of ether oxygens (including phenoxy) is 2. The second kappa shape index (κ2) is 7.27. The molecule has 23 heavy (non-hydrogen) atoms. The quantitative estimate of drug-likeness (QED) is 0.604. The number of para-hydroxylation sites is 3. The largest absolute Gasteiger partial charge is 0.497 e. The van der Waals surface area contributed by atoms with Gasteiger partial charge >= 0.3 is 0 Å². The summed E-state index contributed by atoms with van der Waals surface area (Å²) in [7, 11) is 1.65. The maximum Gasteiger partial charge on any atom is 0.153 e. The minimum atomic E-state index is 0.725. The minimum Gasteiger partial charge on any atom is -0.497 e. The van der Waals surface area contributed by atoms with E-state index in [-0.39, 0.29) is 0 Å². The highest BCUT2D eigenvalue weighted by Crippen LogP contribution is 2.31. The third-order valence-corrected chi connectivity index (χ3v) is 3.30. The zero-order valence-corrected chi connectivity index (χ0v) is 12.8. The molecule has 3 rings (SSSR count). The number of benzene rings is 3. The zero-order chi connectivity index (χ0) is 15.9. The van der Waals surface area contributed by atoms with Crippen LogP contribution in [0.25, 0.3) is 0 Å². The smallest absolute Gasteiger partial charge is 0.153 e. The van der Waals surface area contributed by atoms with Gasteiger partial charge in [0.2, 0.25) is 0 Å². The molecule has 114 valence electrons. The molecule has 0 amide bonds. The summed E-state index contributed by atoms with van der Waals surface area (Å²) in [6.07, 6.45) is 1.81. The molecule has 0 aliphatic heterocycles. The molecular weight excluding hydrogens is 286 g/mol. The first-order valence-corrected chi connectivity index (χ1v) is 7.35. The van der Waals surface area contributed by atoms with E-state index in [0.717, 1.165) is 28.5 Å². The maximum atomic E-state index is 5.90. The van der Waals surface area contributed by atoms with Crippen molar-refractivity contribution in [1.82, 2.24) is 0 Å². The summed E-state index contributed by atoms with van der Waals surface area (Å²) in [6, 6.07) is 25.1. The fourth-order valence-corrected chi connectivity index (χ4v) is 2.10. The highest BCUT2D eigenvalue weighted by Gasteiger charge is 2.02. The van der Waals surface area contributed by atoms with E-state index in [1.807, 2.05) is 85.1 Å². The summed E-state index contributed by atoms with van der Waals surface area (Å²) in [5, 5.41) is 0. The average Bonchev–Trinajstić information content (AvgIpc) is 2.62. The lowest BCUT2D eigenvalue weighted by atomic mass is 10.2. The van der Waals surface area contributed by atoms with E-state index in [1.165, 1.54) is 0 Å². The van der Waals surface area contributed by atoms with Gasteiger partial charge in [-0.05, 0) is 54.1 Å². The molecule has 0 spiro atoms. The Morgan fingerprint density at radius 2 is 1.43 bits per heavy atom. The molecule has 0 aliphatic carbocycles. The van der Waals surface area contributed by atoms with Crippen molar-refractivity contribution in [2.45, 2.75) is 0 Å². The van der Waals surface area contributed by atoms with Crippen LogP contribution >= 0.6 is 0 Å². The molecule has 0 radical (unpaired) electrons. The standard InChI is InChI=1S/C20H17NO2/c1-22-17-13-11-16(12-14-17)15-21-19-9-5-6-10-20(19)23-18-7-3-2-4-8-18/h2-15H,1H3. The molecule has 0 saturated carbocycles. The molecule has 0 atom stereocenters. The summed E-state index contributed by atoms with van der Waals surface area (Å²) in [4.78, 5) is 4.54. The summed E-state index contributed by atoms with van der Waals surface area (Å²) < 4.78 is 11.1. The number of hydrogen-bond acceptors (Lipinski definition) is 3. The van der Waals surface area contributed by atoms with Crippen LogP contribution in [-0.2, 0) is 0 Å². The SMILES string of the molecule is COc1ccc(C=Nc2ccccc2Oc2ccccc2)cc1. The van der Waals surface area contributed by atoms with Crippen LogP contribution in [0.4, 0.5) is 5.69 Å². The lowest BCUT2D eigenvalue weighted by Crippen LogP contribution is -1.86. The zero-order valence-electron chi connectivity index (χ0n) is 12.8. The van der Waals surface area contributed by atoms with Gasteiger partial charge in [-0.25, -0.2) is 0 Å². The Hall–Kier alpha value is -3.07. The van der Waals surface area contributed by atoms with E-state index in [4.69, 9.17) is 9.47 Å². The van der Waals surface area contributed by atoms with Crippen LogP contribution in [0.1, 0.15) is 5.56 Å². The van der Waals surface area contributed by atoms with Gasteiger partial charge in [-0.15, -0.1) is 0 Å². The van der Waals surface area contributed by atoms with Crippen molar-refractivity contribution >= 4 is 11.9 Å². The number of rotatable bonds is 5. The topological polar surface area (TPSA) is 30.8 Å². The van der Waals surface area contributed by atoms with E-state index in [9.17, 15) is 0 Å². The normalized spacial score (nSPS) is 10.7. The van der Waals surface area contributed by atoms with Crippen molar-refractivity contribution in [2.24, 2.45) is 4.99 Å². The Bertz CT molecular complexity index is 780. The van der Waals surface area contributed by atoms with Crippen LogP contribution in [0.5, 0.6) is 17.2 Å². The van der Waals surface area contributed by atoms with Gasteiger partial charge in [-0.3, -0.25) is 4.99 Å². The number of hydrogen-bond donors (Lipinski definition) is 0. The van der Waals surface area contributed by atoms with Crippen molar-refractivity contribution in [1.29, 1.82) is 0 Å². The van der Waals surface area contributed by atoms with Gasteiger partial charge in [0, 0.05) is 6.21 Å². The summed E-state index contributed by atoms with van der Waals surface area (Å²) in [6.45, 7) is 0. The number of nitrogens with zero attached hydrogens (tertiary/aromatic N) is 1. The molecular formula is C20H17NO2. The Kier molecular flexibility index (Phi) is 4.69. The molecule has 3 heteroatoms. The second-order valence-corrected chi connectivity index (χ2v) is 4.91. The van der Waals surface area contributed by atoms with Gasteiger partial charge in [0.05, 0.1) is 7.11 Å². The molecule has 0 N–H and O–H groups in total. The van der Waals surface area contributed by atoms with Gasteiger partial charge in [0.25, 0.3) is 0 Å². The van der Waals surface area contributed by atoms with E-state index in [1.54, 1.807) is 7.11 Å². The molecule has 0 aromatic heterocycles.